The number of phosphoric acid groups is 1. The predicted octanol–water partition coefficient (Wildman–Crippen LogP) is 11.8. The van der Waals surface area contributed by atoms with Crippen LogP contribution in [-0.4, -0.2) is 86.1 Å². The molecule has 0 heterocycles. The van der Waals surface area contributed by atoms with Crippen LogP contribution in [-0.2, 0) is 32.7 Å². The molecule has 59 heavy (non-hydrogen) atoms. The van der Waals surface area contributed by atoms with E-state index in [-0.39, 0.29) is 32.2 Å². The first-order valence-corrected chi connectivity index (χ1v) is 23.9. The van der Waals surface area contributed by atoms with E-state index in [0.29, 0.717) is 23.9 Å². The van der Waals surface area contributed by atoms with Gasteiger partial charge in [-0.1, -0.05) is 125 Å². The predicted molar refractivity (Wildman–Crippen MR) is 244 cm³/mol. The maximum atomic E-state index is 12.7. The van der Waals surface area contributed by atoms with E-state index >= 15 is 0 Å². The third-order valence-corrected chi connectivity index (χ3v) is 10.0. The van der Waals surface area contributed by atoms with Gasteiger partial charge in [0.15, 0.2) is 6.10 Å². The highest BCUT2D eigenvalue weighted by Crippen LogP contribution is 2.43. The molecule has 0 aromatic carbocycles. The molecule has 0 saturated heterocycles. The van der Waals surface area contributed by atoms with Gasteiger partial charge >= 0.3 is 19.8 Å². The van der Waals surface area contributed by atoms with Crippen molar-refractivity contribution < 1.29 is 47.2 Å². The Morgan fingerprint density at radius 1 is 0.593 bits per heavy atom. The van der Waals surface area contributed by atoms with Crippen molar-refractivity contribution in [2.45, 2.75) is 161 Å². The monoisotopic (exact) mass is 849 g/mol. The summed E-state index contributed by atoms with van der Waals surface area (Å²) in [6.45, 7) is 3.99. The van der Waals surface area contributed by atoms with E-state index in [4.69, 9.17) is 18.5 Å². The van der Waals surface area contributed by atoms with E-state index in [1.165, 1.54) is 25.7 Å². The highest BCUT2D eigenvalue weighted by atomic mass is 31.2. The molecule has 0 aliphatic rings. The lowest BCUT2D eigenvalue weighted by Crippen LogP contribution is -2.37. The average molecular weight is 849 g/mol. The van der Waals surface area contributed by atoms with Crippen LogP contribution in [0.1, 0.15) is 149 Å². The van der Waals surface area contributed by atoms with Crippen molar-refractivity contribution in [3.05, 3.63) is 85.1 Å². The number of hydrogen-bond acceptors (Lipinski definition) is 8. The molecule has 3 atom stereocenters. The molecule has 0 amide bonds. The van der Waals surface area contributed by atoms with E-state index in [1.54, 1.807) is 0 Å². The molecular weight excluding hydrogens is 766 g/mol. The highest BCUT2D eigenvalue weighted by molar-refractivity contribution is 7.47. The topological polar surface area (TPSA) is 129 Å². The molecule has 1 unspecified atom stereocenters. The Morgan fingerprint density at radius 3 is 1.59 bits per heavy atom. The number of carbonyl (C=O) groups is 2. The van der Waals surface area contributed by atoms with Gasteiger partial charge in [-0.2, -0.15) is 0 Å². The Hall–Kier alpha value is -2.85. The second kappa shape index (κ2) is 39.3. The SMILES string of the molecule is CCCCC/C=C\C/C=C\C/C=C\CCCCCCC(=O)O[C@H](COC(=O)CCC/C=C\C/C=C\C/C=C\C/C=C\CC[C@@H](O)CC)COP(=O)(O)OCC[N+](C)(C)C. The molecule has 0 aliphatic heterocycles. The number of ether oxygens (including phenoxy) is 2. The lowest BCUT2D eigenvalue weighted by Gasteiger charge is -2.24. The van der Waals surface area contributed by atoms with Crippen molar-refractivity contribution in [2.75, 3.05) is 47.5 Å². The van der Waals surface area contributed by atoms with Crippen molar-refractivity contribution in [1.82, 2.24) is 0 Å². The molecule has 0 bridgehead atoms. The van der Waals surface area contributed by atoms with Crippen LogP contribution >= 0.6 is 7.82 Å². The number of phosphoric ester groups is 1. The number of allylic oxidation sites excluding steroid dienone is 14. The summed E-state index contributed by atoms with van der Waals surface area (Å²) in [6.07, 6.45) is 47.2. The van der Waals surface area contributed by atoms with Gasteiger partial charge in [0.1, 0.15) is 19.8 Å². The van der Waals surface area contributed by atoms with Gasteiger partial charge in [-0.25, -0.2) is 4.57 Å². The van der Waals surface area contributed by atoms with Gasteiger partial charge in [0, 0.05) is 12.8 Å². The highest BCUT2D eigenvalue weighted by Gasteiger charge is 2.27. The number of nitrogens with zero attached hydrogens (tertiary/aromatic N) is 1. The summed E-state index contributed by atoms with van der Waals surface area (Å²) in [5, 5.41) is 9.57. The molecule has 0 radical (unpaired) electrons. The lowest BCUT2D eigenvalue weighted by atomic mass is 10.1. The molecule has 0 fully saturated rings. The summed E-state index contributed by atoms with van der Waals surface area (Å²) in [7, 11) is 1.40. The van der Waals surface area contributed by atoms with Crippen LogP contribution in [0.2, 0.25) is 0 Å². The Bertz CT molecular complexity index is 1300. The molecule has 0 aromatic rings. The number of hydrogen-bond donors (Lipinski definition) is 2. The number of quaternary nitrogens is 1. The summed E-state index contributed by atoms with van der Waals surface area (Å²) in [5.41, 5.74) is 0. The van der Waals surface area contributed by atoms with Gasteiger partial charge in [0.25, 0.3) is 0 Å². The van der Waals surface area contributed by atoms with Crippen LogP contribution < -0.4 is 0 Å². The molecule has 0 rings (SSSR count). The fourth-order valence-electron chi connectivity index (χ4n) is 5.34. The fourth-order valence-corrected chi connectivity index (χ4v) is 6.09. The zero-order valence-electron chi connectivity index (χ0n) is 37.6. The van der Waals surface area contributed by atoms with Crippen LogP contribution in [0.15, 0.2) is 85.1 Å². The summed E-state index contributed by atoms with van der Waals surface area (Å²) in [5.74, 6) is -0.917. The second-order valence-corrected chi connectivity index (χ2v) is 17.3. The third-order valence-electron chi connectivity index (χ3n) is 9.06. The number of unbranched alkanes of at least 4 members (excludes halogenated alkanes) is 8. The van der Waals surface area contributed by atoms with Gasteiger partial charge < -0.3 is 24.0 Å². The van der Waals surface area contributed by atoms with Crippen LogP contribution in [0, 0.1) is 0 Å². The molecule has 2 N–H and O–H groups in total. The largest absolute Gasteiger partial charge is 0.472 e. The third kappa shape index (κ3) is 43.1. The minimum Gasteiger partial charge on any atom is -0.462 e. The molecule has 338 valence electrons. The van der Waals surface area contributed by atoms with Crippen molar-refractivity contribution in [1.29, 1.82) is 0 Å². The molecule has 0 saturated carbocycles. The van der Waals surface area contributed by atoms with Gasteiger partial charge in [-0.15, -0.1) is 0 Å². The zero-order chi connectivity index (χ0) is 43.7. The molecule has 0 aliphatic carbocycles. The number of esters is 2. The van der Waals surface area contributed by atoms with Gasteiger partial charge in [0.2, 0.25) is 0 Å². The zero-order valence-corrected chi connectivity index (χ0v) is 38.5. The minimum absolute atomic E-state index is 0.00808. The van der Waals surface area contributed by atoms with Gasteiger partial charge in [-0.3, -0.25) is 18.6 Å². The van der Waals surface area contributed by atoms with E-state index < -0.39 is 32.5 Å². The second-order valence-electron chi connectivity index (χ2n) is 15.9. The van der Waals surface area contributed by atoms with Crippen molar-refractivity contribution in [3.8, 4) is 0 Å². The summed E-state index contributed by atoms with van der Waals surface area (Å²) >= 11 is 0. The van der Waals surface area contributed by atoms with E-state index in [0.717, 1.165) is 83.5 Å². The van der Waals surface area contributed by atoms with Crippen molar-refractivity contribution in [2.24, 2.45) is 0 Å². The quantitative estimate of drug-likeness (QED) is 0.0204. The summed E-state index contributed by atoms with van der Waals surface area (Å²) in [4.78, 5) is 35.4. The first-order chi connectivity index (χ1) is 28.4. The standard InChI is InChI=1S/C48H82NO9P/c1-6-8-9-10-11-12-13-14-15-16-17-22-25-28-31-34-37-40-48(52)58-46(44-57-59(53,54)56-42-41-49(3,4)5)43-55-47(51)39-36-33-30-27-24-21-19-18-20-23-26-29-32-35-38-45(50)7-2/h11-12,14-15,17,19-23,27,29-30,32,45-46,50H,6-10,13,16,18,24-26,28,31,33-44H2,1-5H3/p+1/b12-11-,15-14-,21-19-,22-17-,23-20-,30-27-,32-29-/t45-,46+/m0/s1. The van der Waals surface area contributed by atoms with Gasteiger partial charge in [-0.05, 0) is 96.3 Å². The number of aliphatic hydroxyl groups is 1. The average Bonchev–Trinajstić information content (AvgIpc) is 3.19. The fraction of sp³-hybridized carbons (Fsp3) is 0.667. The first-order valence-electron chi connectivity index (χ1n) is 22.4. The van der Waals surface area contributed by atoms with Gasteiger partial charge in [0.05, 0.1) is 33.9 Å². The molecule has 10 nitrogen and oxygen atoms in total. The van der Waals surface area contributed by atoms with Crippen LogP contribution in [0.4, 0.5) is 0 Å². The number of likely N-dealkylation sites (N-methyl/N-ethyl adjacent to an activating group) is 1. The molecule has 0 aromatic heterocycles. The molecule has 11 heteroatoms. The first kappa shape index (κ1) is 56.1. The Labute approximate surface area is 359 Å². The van der Waals surface area contributed by atoms with E-state index in [1.807, 2.05) is 34.1 Å². The maximum Gasteiger partial charge on any atom is 0.472 e. The lowest BCUT2D eigenvalue weighted by molar-refractivity contribution is -0.870. The van der Waals surface area contributed by atoms with Crippen LogP contribution in [0.25, 0.3) is 0 Å². The van der Waals surface area contributed by atoms with Crippen molar-refractivity contribution >= 4 is 19.8 Å². The van der Waals surface area contributed by atoms with Crippen molar-refractivity contribution in [3.63, 3.8) is 0 Å². The number of aliphatic hydroxyl groups excluding tert-OH is 1. The maximum absolute atomic E-state index is 12.7. The number of carbonyl (C=O) groups excluding carboxylic acids is 2. The van der Waals surface area contributed by atoms with Crippen LogP contribution in [0.3, 0.4) is 0 Å². The normalized spacial score (nSPS) is 14.9. The Kier molecular flexibility index (Phi) is 37.4. The summed E-state index contributed by atoms with van der Waals surface area (Å²) in [6, 6.07) is 0. The number of rotatable bonds is 39. The smallest absolute Gasteiger partial charge is 0.462 e. The summed E-state index contributed by atoms with van der Waals surface area (Å²) < 4.78 is 34.2. The minimum atomic E-state index is -4.41. The van der Waals surface area contributed by atoms with E-state index in [2.05, 4.69) is 85.9 Å². The Morgan fingerprint density at radius 2 is 1.07 bits per heavy atom. The Balaban J connectivity index is 4.52. The molecule has 0 spiro atoms. The van der Waals surface area contributed by atoms with E-state index in [9.17, 15) is 24.2 Å². The van der Waals surface area contributed by atoms with Crippen LogP contribution in [0.5, 0.6) is 0 Å². The molecular formula is C48H83NO9P+.